The van der Waals surface area contributed by atoms with E-state index in [0.717, 1.165) is 49.7 Å². The average molecular weight is 575 g/mol. The quantitative estimate of drug-likeness (QED) is 0.508. The predicted molar refractivity (Wildman–Crippen MR) is 159 cm³/mol. The van der Waals surface area contributed by atoms with Crippen molar-refractivity contribution in [2.75, 3.05) is 27.4 Å². The van der Waals surface area contributed by atoms with E-state index < -0.39 is 23.7 Å². The molecule has 4 aliphatic heterocycles. The minimum atomic E-state index is -0.700. The van der Waals surface area contributed by atoms with E-state index >= 15 is 0 Å². The van der Waals surface area contributed by atoms with Gasteiger partial charge >= 0.3 is 0 Å². The maximum atomic E-state index is 14.0. The molecule has 4 heterocycles. The summed E-state index contributed by atoms with van der Waals surface area (Å²) in [5, 5.41) is 23.3. The van der Waals surface area contributed by atoms with Gasteiger partial charge in [-0.1, -0.05) is 38.0 Å². The molecule has 0 saturated carbocycles. The number of methoxy groups -OCH3 is 1. The highest BCUT2D eigenvalue weighted by molar-refractivity contribution is 6.00. The number of hydrogen-bond donors (Lipinski definition) is 3. The number of nitrogens with one attached hydrogen (secondary N) is 2. The zero-order chi connectivity index (χ0) is 29.6. The molecule has 9 nitrogen and oxygen atoms in total. The number of amides is 2. The summed E-state index contributed by atoms with van der Waals surface area (Å²) in [6.45, 7) is 2.79. The van der Waals surface area contributed by atoms with Crippen LogP contribution in [0, 0.1) is 11.3 Å². The summed E-state index contributed by atoms with van der Waals surface area (Å²) in [7, 11) is 3.56. The Hall–Kier alpha value is -3.43. The summed E-state index contributed by atoms with van der Waals surface area (Å²) >= 11 is 0. The second kappa shape index (κ2) is 11.3. The fourth-order valence-corrected chi connectivity index (χ4v) is 7.55. The number of aliphatic hydroxyl groups excluding tert-OH is 1. The second-order valence-electron chi connectivity index (χ2n) is 12.4. The number of aliphatic hydroxyl groups is 1. The van der Waals surface area contributed by atoms with Crippen molar-refractivity contribution in [3.05, 3.63) is 64.2 Å². The van der Waals surface area contributed by atoms with E-state index in [2.05, 4.69) is 30.4 Å². The van der Waals surface area contributed by atoms with E-state index in [4.69, 9.17) is 9.47 Å². The summed E-state index contributed by atoms with van der Waals surface area (Å²) in [5.74, 6) is 0.180. The molecule has 2 aromatic carbocycles. The lowest BCUT2D eigenvalue weighted by Crippen LogP contribution is -2.64. The van der Waals surface area contributed by atoms with Crippen LogP contribution in [0.25, 0.3) is 0 Å². The van der Waals surface area contributed by atoms with Crippen LogP contribution in [-0.4, -0.2) is 71.7 Å². The Morgan fingerprint density at radius 3 is 2.76 bits per heavy atom. The van der Waals surface area contributed by atoms with Crippen molar-refractivity contribution in [2.24, 2.45) is 5.92 Å². The van der Waals surface area contributed by atoms with Crippen LogP contribution < -0.4 is 10.1 Å². The standard InChI is InChI=1S/C33H42N4O5/c1-4-33-13-7-5-6-8-20-9-10-21-16-26(38)29(24(21)14-20)35-31(40)22-11-12-27-25(15-22)30(23(18-41-3)19-42-27)37(28(39)17-33)32(34)36(33)2/h9-12,14-15,23,26,29-30,34,38H,4-8,13,16-19H2,1-3H3,(H,35,40)/t23-,26-,29-,30-,33?/m1/s1. The topological polar surface area (TPSA) is 115 Å². The van der Waals surface area contributed by atoms with Crippen molar-refractivity contribution >= 4 is 17.8 Å². The molecule has 6 bridgehead atoms. The van der Waals surface area contributed by atoms with Gasteiger partial charge in [-0.3, -0.25) is 19.9 Å². The molecule has 42 heavy (non-hydrogen) atoms. The van der Waals surface area contributed by atoms with Crippen LogP contribution in [0.3, 0.4) is 0 Å². The summed E-state index contributed by atoms with van der Waals surface area (Å²) in [6, 6.07) is 10.6. The number of carbonyl (C=O) groups is 2. The SMILES string of the molecule is CCC12CCCCCc3ccc4c(c3)[C@@H](NC(=O)c3ccc5c(c3)[C@@H]([C@H](COC)CO5)N(C(=N)N1C)C(=O)C2)[C@H](O)C4. The third kappa shape index (κ3) is 4.86. The van der Waals surface area contributed by atoms with Gasteiger partial charge in [0.05, 0.1) is 43.4 Å². The molecule has 3 N–H and O–H groups in total. The summed E-state index contributed by atoms with van der Waals surface area (Å²) in [6.07, 6.45) is 5.66. The number of benzene rings is 2. The zero-order valence-corrected chi connectivity index (χ0v) is 24.8. The lowest BCUT2D eigenvalue weighted by molar-refractivity contribution is -0.138. The van der Waals surface area contributed by atoms with Crippen molar-refractivity contribution in [1.82, 2.24) is 15.1 Å². The molecule has 2 amide bonds. The first-order valence-electron chi connectivity index (χ1n) is 15.3. The lowest BCUT2D eigenvalue weighted by atomic mass is 9.80. The molecular weight excluding hydrogens is 532 g/mol. The normalized spacial score (nSPS) is 29.5. The van der Waals surface area contributed by atoms with Crippen LogP contribution in [0.1, 0.15) is 90.1 Å². The largest absolute Gasteiger partial charge is 0.493 e. The number of rotatable bonds is 3. The molecule has 2 aromatic rings. The first kappa shape index (κ1) is 28.7. The Bertz CT molecular complexity index is 1390. The number of aryl methyl sites for hydroxylation is 1. The van der Waals surface area contributed by atoms with Gasteiger partial charge in [-0.2, -0.15) is 0 Å². The maximum Gasteiger partial charge on any atom is 0.251 e. The smallest absolute Gasteiger partial charge is 0.251 e. The highest BCUT2D eigenvalue weighted by Crippen LogP contribution is 2.45. The summed E-state index contributed by atoms with van der Waals surface area (Å²) in [5.41, 5.74) is 3.96. The van der Waals surface area contributed by atoms with Crippen LogP contribution in [-0.2, 0) is 22.4 Å². The average Bonchev–Trinajstić information content (AvgIpc) is 3.29. The van der Waals surface area contributed by atoms with Gasteiger partial charge in [0.25, 0.3) is 5.91 Å². The van der Waals surface area contributed by atoms with Crippen LogP contribution in [0.5, 0.6) is 5.75 Å². The number of nitrogens with zero attached hydrogens (tertiary/aromatic N) is 2. The third-order valence-electron chi connectivity index (χ3n) is 10.1. The van der Waals surface area contributed by atoms with Gasteiger partial charge in [0.2, 0.25) is 11.9 Å². The summed E-state index contributed by atoms with van der Waals surface area (Å²) in [4.78, 5) is 31.3. The minimum Gasteiger partial charge on any atom is -0.493 e. The molecule has 5 atom stereocenters. The molecular formula is C33H42N4O5. The van der Waals surface area contributed by atoms with Gasteiger partial charge in [0.1, 0.15) is 5.75 Å². The Kier molecular flexibility index (Phi) is 7.74. The molecule has 0 aromatic heterocycles. The Labute approximate surface area is 247 Å². The predicted octanol–water partition coefficient (Wildman–Crippen LogP) is 4.13. The maximum absolute atomic E-state index is 14.0. The van der Waals surface area contributed by atoms with Gasteiger partial charge in [0.15, 0.2) is 0 Å². The number of guanidine groups is 1. The fraction of sp³-hybridized carbons (Fsp3) is 0.545. The highest BCUT2D eigenvalue weighted by atomic mass is 16.5. The molecule has 1 aliphatic carbocycles. The van der Waals surface area contributed by atoms with Gasteiger partial charge < -0.3 is 24.8 Å². The molecule has 9 heteroatoms. The molecule has 1 unspecified atom stereocenters. The number of carbonyl (C=O) groups excluding carboxylic acids is 2. The molecule has 0 radical (unpaired) electrons. The van der Waals surface area contributed by atoms with Crippen molar-refractivity contribution in [1.29, 1.82) is 5.41 Å². The van der Waals surface area contributed by atoms with Crippen molar-refractivity contribution in [3.8, 4) is 5.75 Å². The number of hydrogen-bond acceptors (Lipinski definition) is 6. The third-order valence-corrected chi connectivity index (χ3v) is 10.1. The lowest BCUT2D eigenvalue weighted by Gasteiger charge is -2.52. The van der Waals surface area contributed by atoms with E-state index in [9.17, 15) is 20.1 Å². The molecule has 7 rings (SSSR count). The van der Waals surface area contributed by atoms with Crippen LogP contribution in [0.15, 0.2) is 36.4 Å². The van der Waals surface area contributed by atoms with E-state index in [1.54, 1.807) is 30.2 Å². The number of fused-ring (bicyclic) bond motifs is 7. The minimum absolute atomic E-state index is 0.0793. The molecule has 0 spiro atoms. The van der Waals surface area contributed by atoms with Crippen molar-refractivity contribution in [3.63, 3.8) is 0 Å². The molecule has 5 aliphatic rings. The van der Waals surface area contributed by atoms with E-state index in [1.165, 1.54) is 5.56 Å². The first-order valence-corrected chi connectivity index (χ1v) is 15.3. The molecule has 1 saturated heterocycles. The Morgan fingerprint density at radius 1 is 1.14 bits per heavy atom. The fourth-order valence-electron chi connectivity index (χ4n) is 7.55. The van der Waals surface area contributed by atoms with E-state index in [-0.39, 0.29) is 23.7 Å². The van der Waals surface area contributed by atoms with Gasteiger partial charge in [-0.15, -0.1) is 0 Å². The van der Waals surface area contributed by atoms with Crippen molar-refractivity contribution < 1.29 is 24.2 Å². The highest BCUT2D eigenvalue weighted by Gasteiger charge is 2.49. The van der Waals surface area contributed by atoms with Crippen LogP contribution in [0.2, 0.25) is 0 Å². The monoisotopic (exact) mass is 574 g/mol. The first-order chi connectivity index (χ1) is 20.3. The number of ether oxygens (including phenoxy) is 2. The van der Waals surface area contributed by atoms with Gasteiger partial charge in [0, 0.05) is 37.6 Å². The zero-order valence-electron chi connectivity index (χ0n) is 24.8. The molecule has 224 valence electrons. The van der Waals surface area contributed by atoms with E-state index in [0.29, 0.717) is 42.9 Å². The van der Waals surface area contributed by atoms with E-state index in [1.807, 2.05) is 11.9 Å². The Morgan fingerprint density at radius 2 is 1.98 bits per heavy atom. The second-order valence-corrected chi connectivity index (χ2v) is 12.4. The Balaban J connectivity index is 1.44. The van der Waals surface area contributed by atoms with Gasteiger partial charge in [-0.05, 0) is 60.6 Å². The van der Waals surface area contributed by atoms with Gasteiger partial charge in [-0.25, -0.2) is 0 Å². The van der Waals surface area contributed by atoms with Crippen LogP contribution >= 0.6 is 0 Å². The van der Waals surface area contributed by atoms with Crippen molar-refractivity contribution in [2.45, 2.75) is 82.0 Å². The molecule has 1 fully saturated rings. The summed E-state index contributed by atoms with van der Waals surface area (Å²) < 4.78 is 11.6. The van der Waals surface area contributed by atoms with Crippen LogP contribution in [0.4, 0.5) is 0 Å².